The zero-order valence-corrected chi connectivity index (χ0v) is 8.54. The van der Waals surface area contributed by atoms with Crippen LogP contribution in [0.5, 0.6) is 0 Å². The normalized spacial score (nSPS) is 12.8. The Morgan fingerprint density at radius 1 is 1.36 bits per heavy atom. The summed E-state index contributed by atoms with van der Waals surface area (Å²) in [5, 5.41) is 21.7. The fourth-order valence-electron chi connectivity index (χ4n) is 1.17. The van der Waals surface area contributed by atoms with Gasteiger partial charge in [-0.15, -0.1) is 0 Å². The van der Waals surface area contributed by atoms with E-state index in [0.717, 1.165) is 0 Å². The van der Waals surface area contributed by atoms with E-state index in [1.807, 2.05) is 12.1 Å². The minimum atomic E-state index is -0.629. The molecule has 0 unspecified atom stereocenters. The summed E-state index contributed by atoms with van der Waals surface area (Å²) < 4.78 is 0. The van der Waals surface area contributed by atoms with Crippen LogP contribution in [0.25, 0.3) is 0 Å². The molecule has 0 bridgehead atoms. The summed E-state index contributed by atoms with van der Waals surface area (Å²) in [5.41, 5.74) is 0.708. The smallest absolute Gasteiger partial charge is 0.0928 e. The molecule has 0 fully saturated rings. The maximum absolute atomic E-state index is 9.70. The Morgan fingerprint density at radius 3 is 2.71 bits per heavy atom. The molecule has 0 saturated heterocycles. The van der Waals surface area contributed by atoms with Gasteiger partial charge in [-0.25, -0.2) is 0 Å². The molecule has 1 aromatic carbocycles. The average Bonchev–Trinajstić information content (AvgIpc) is 2.18. The molecule has 0 radical (unpaired) electrons. The zero-order valence-electron chi connectivity index (χ0n) is 7.78. The van der Waals surface area contributed by atoms with Gasteiger partial charge in [0.15, 0.2) is 0 Å². The van der Waals surface area contributed by atoms with Crippen molar-refractivity contribution in [1.82, 2.24) is 5.32 Å². The fourth-order valence-corrected chi connectivity index (χ4v) is 1.43. The van der Waals surface area contributed by atoms with Gasteiger partial charge in [0.2, 0.25) is 0 Å². The largest absolute Gasteiger partial charge is 0.395 e. The molecular formula is C10H14ClNO2. The molecule has 3 nitrogen and oxygen atoms in total. The molecule has 4 heteroatoms. The lowest BCUT2D eigenvalue weighted by Gasteiger charge is -2.12. The van der Waals surface area contributed by atoms with Gasteiger partial charge in [-0.3, -0.25) is 0 Å². The lowest BCUT2D eigenvalue weighted by Crippen LogP contribution is -2.24. The third-order valence-electron chi connectivity index (χ3n) is 1.89. The molecule has 0 saturated carbocycles. The zero-order chi connectivity index (χ0) is 10.4. The van der Waals surface area contributed by atoms with Gasteiger partial charge >= 0.3 is 0 Å². The van der Waals surface area contributed by atoms with Crippen molar-refractivity contribution in [2.75, 3.05) is 19.7 Å². The Hall–Kier alpha value is -0.610. The monoisotopic (exact) mass is 215 g/mol. The Morgan fingerprint density at radius 2 is 2.07 bits per heavy atom. The van der Waals surface area contributed by atoms with E-state index in [9.17, 15) is 5.11 Å². The van der Waals surface area contributed by atoms with Crippen LogP contribution in [0, 0.1) is 0 Å². The average molecular weight is 216 g/mol. The minimum Gasteiger partial charge on any atom is -0.395 e. The van der Waals surface area contributed by atoms with E-state index < -0.39 is 6.10 Å². The molecule has 0 aliphatic rings. The molecular weight excluding hydrogens is 202 g/mol. The third kappa shape index (κ3) is 3.27. The summed E-state index contributed by atoms with van der Waals surface area (Å²) in [5.74, 6) is 0. The van der Waals surface area contributed by atoms with Gasteiger partial charge in [0, 0.05) is 23.7 Å². The molecule has 1 rings (SSSR count). The first-order valence-corrected chi connectivity index (χ1v) is 4.87. The summed E-state index contributed by atoms with van der Waals surface area (Å²) in [4.78, 5) is 0. The number of benzene rings is 1. The summed E-state index contributed by atoms with van der Waals surface area (Å²) in [6.45, 7) is 0.932. The van der Waals surface area contributed by atoms with Crippen molar-refractivity contribution in [3.05, 3.63) is 34.9 Å². The molecule has 0 aliphatic heterocycles. The highest BCUT2D eigenvalue weighted by molar-refractivity contribution is 6.31. The highest BCUT2D eigenvalue weighted by atomic mass is 35.5. The molecule has 0 spiro atoms. The lowest BCUT2D eigenvalue weighted by atomic mass is 10.1. The van der Waals surface area contributed by atoms with Crippen molar-refractivity contribution in [3.8, 4) is 0 Å². The van der Waals surface area contributed by atoms with Gasteiger partial charge in [-0.05, 0) is 6.07 Å². The van der Waals surface area contributed by atoms with E-state index in [0.29, 0.717) is 23.7 Å². The lowest BCUT2D eigenvalue weighted by molar-refractivity contribution is 0.171. The van der Waals surface area contributed by atoms with Gasteiger partial charge in [0.05, 0.1) is 12.7 Å². The van der Waals surface area contributed by atoms with Gasteiger partial charge < -0.3 is 15.5 Å². The number of rotatable bonds is 5. The van der Waals surface area contributed by atoms with Gasteiger partial charge in [-0.2, -0.15) is 0 Å². The predicted octanol–water partition coefficient (Wildman–Crippen LogP) is 0.955. The summed E-state index contributed by atoms with van der Waals surface area (Å²) in [6.07, 6.45) is -0.629. The van der Waals surface area contributed by atoms with Gasteiger partial charge in [-0.1, -0.05) is 29.8 Å². The van der Waals surface area contributed by atoms with E-state index in [4.69, 9.17) is 16.7 Å². The predicted molar refractivity (Wildman–Crippen MR) is 56.4 cm³/mol. The molecule has 1 atom stereocenters. The Bertz CT molecular complexity index is 281. The van der Waals surface area contributed by atoms with Crippen molar-refractivity contribution in [2.24, 2.45) is 0 Å². The highest BCUT2D eigenvalue weighted by Gasteiger charge is 2.09. The van der Waals surface area contributed by atoms with Crippen LogP contribution in [0.1, 0.15) is 11.7 Å². The van der Waals surface area contributed by atoms with E-state index in [-0.39, 0.29) is 6.61 Å². The topological polar surface area (TPSA) is 52.5 Å². The van der Waals surface area contributed by atoms with Crippen LogP contribution in [0.3, 0.4) is 0 Å². The summed E-state index contributed by atoms with van der Waals surface area (Å²) in [7, 11) is 0. The maximum atomic E-state index is 9.70. The first kappa shape index (κ1) is 11.5. The SMILES string of the molecule is OCCNC[C@@H](O)c1ccccc1Cl. The number of aliphatic hydroxyl groups excluding tert-OH is 2. The quantitative estimate of drug-likeness (QED) is 0.642. The van der Waals surface area contributed by atoms with Crippen molar-refractivity contribution in [3.63, 3.8) is 0 Å². The van der Waals surface area contributed by atoms with Crippen LogP contribution >= 0.6 is 11.6 Å². The second-order valence-corrected chi connectivity index (χ2v) is 3.37. The fraction of sp³-hybridized carbons (Fsp3) is 0.400. The number of nitrogens with one attached hydrogen (secondary N) is 1. The highest BCUT2D eigenvalue weighted by Crippen LogP contribution is 2.21. The van der Waals surface area contributed by atoms with Crippen LogP contribution in [0.2, 0.25) is 5.02 Å². The Labute approximate surface area is 88.3 Å². The standard InChI is InChI=1S/C10H14ClNO2/c11-9-4-2-1-3-8(9)10(14)7-12-5-6-13/h1-4,10,12-14H,5-7H2/t10-/m1/s1. The molecule has 0 aromatic heterocycles. The first-order valence-electron chi connectivity index (χ1n) is 4.49. The van der Waals surface area contributed by atoms with Crippen molar-refractivity contribution in [1.29, 1.82) is 0 Å². The van der Waals surface area contributed by atoms with Gasteiger partial charge in [0.1, 0.15) is 0 Å². The minimum absolute atomic E-state index is 0.0647. The van der Waals surface area contributed by atoms with E-state index >= 15 is 0 Å². The Kier molecular flexibility index (Phi) is 4.90. The number of aliphatic hydroxyl groups is 2. The van der Waals surface area contributed by atoms with Crippen molar-refractivity contribution in [2.45, 2.75) is 6.10 Å². The Balaban J connectivity index is 2.51. The number of halogens is 1. The van der Waals surface area contributed by atoms with Crippen LogP contribution in [0.4, 0.5) is 0 Å². The van der Waals surface area contributed by atoms with Gasteiger partial charge in [0.25, 0.3) is 0 Å². The molecule has 0 amide bonds. The van der Waals surface area contributed by atoms with Crippen LogP contribution in [0.15, 0.2) is 24.3 Å². The number of hydrogen-bond donors (Lipinski definition) is 3. The van der Waals surface area contributed by atoms with Crippen LogP contribution in [-0.2, 0) is 0 Å². The van der Waals surface area contributed by atoms with E-state index in [1.165, 1.54) is 0 Å². The van der Waals surface area contributed by atoms with Crippen molar-refractivity contribution >= 4 is 11.6 Å². The van der Waals surface area contributed by atoms with Crippen molar-refractivity contribution < 1.29 is 10.2 Å². The number of hydrogen-bond acceptors (Lipinski definition) is 3. The van der Waals surface area contributed by atoms with E-state index in [2.05, 4.69) is 5.32 Å². The molecule has 0 aliphatic carbocycles. The second-order valence-electron chi connectivity index (χ2n) is 2.97. The molecule has 14 heavy (non-hydrogen) atoms. The first-order chi connectivity index (χ1) is 6.75. The second kappa shape index (κ2) is 5.98. The van der Waals surface area contributed by atoms with Crippen LogP contribution in [-0.4, -0.2) is 29.9 Å². The summed E-state index contributed by atoms with van der Waals surface area (Å²) >= 11 is 5.89. The molecule has 78 valence electrons. The van der Waals surface area contributed by atoms with E-state index in [1.54, 1.807) is 12.1 Å². The summed E-state index contributed by atoms with van der Waals surface area (Å²) in [6, 6.07) is 7.18. The molecule has 0 heterocycles. The molecule has 3 N–H and O–H groups in total. The maximum Gasteiger partial charge on any atom is 0.0928 e. The third-order valence-corrected chi connectivity index (χ3v) is 2.23. The van der Waals surface area contributed by atoms with Crippen LogP contribution < -0.4 is 5.32 Å². The molecule has 1 aromatic rings.